The Kier molecular flexibility index (Phi) is 8.27. The Bertz CT molecular complexity index is 950. The largest absolute Gasteiger partial charge is 0.384 e. The number of benzene rings is 1. The average Bonchev–Trinajstić information content (AvgIpc) is 3.34. The Balaban J connectivity index is 1.47. The molecule has 1 aliphatic rings. The van der Waals surface area contributed by atoms with E-state index in [1.54, 1.807) is 0 Å². The highest BCUT2D eigenvalue weighted by Gasteiger charge is 2.23. The summed E-state index contributed by atoms with van der Waals surface area (Å²) in [6.07, 6.45) is 8.93. The fourth-order valence-corrected chi connectivity index (χ4v) is 5.60. The van der Waals surface area contributed by atoms with Crippen molar-refractivity contribution in [2.45, 2.75) is 55.9 Å². The van der Waals surface area contributed by atoms with Crippen LogP contribution < -0.4 is 15.4 Å². The summed E-state index contributed by atoms with van der Waals surface area (Å²) >= 11 is 6.66. The highest BCUT2D eigenvalue weighted by Crippen LogP contribution is 2.30. The second-order valence-corrected chi connectivity index (χ2v) is 10.3. The summed E-state index contributed by atoms with van der Waals surface area (Å²) in [5.41, 5.74) is 0.337. The van der Waals surface area contributed by atoms with E-state index in [-0.39, 0.29) is 10.2 Å². The first-order valence-electron chi connectivity index (χ1n) is 9.95. The summed E-state index contributed by atoms with van der Waals surface area (Å²) in [5.74, 6) is -0.949. The van der Waals surface area contributed by atoms with Gasteiger partial charge in [0.15, 0.2) is 10.3 Å². The molecule has 1 atom stereocenters. The molecular weight excluding hydrogens is 454 g/mol. The van der Waals surface area contributed by atoms with Gasteiger partial charge in [-0.25, -0.2) is 17.8 Å². The van der Waals surface area contributed by atoms with Crippen molar-refractivity contribution in [1.82, 2.24) is 10.3 Å². The Morgan fingerprint density at radius 1 is 1.23 bits per heavy atom. The van der Waals surface area contributed by atoms with Crippen LogP contribution in [0.2, 0.25) is 5.02 Å². The molecule has 1 aromatic heterocycles. The van der Waals surface area contributed by atoms with Gasteiger partial charge in [-0.3, -0.25) is 4.72 Å². The molecule has 0 spiro atoms. The first-order chi connectivity index (χ1) is 14.3. The van der Waals surface area contributed by atoms with Gasteiger partial charge < -0.3 is 10.6 Å². The number of halogens is 3. The number of sulfonamides is 1. The van der Waals surface area contributed by atoms with E-state index in [0.29, 0.717) is 29.6 Å². The molecule has 6 nitrogen and oxygen atoms in total. The SMILES string of the molecule is O=S(=O)(Nc1ncc(F)s1)c1cc(Cl)c(NCCCCCC[C@H]2CCCN2)cc1F. The summed E-state index contributed by atoms with van der Waals surface area (Å²) in [5, 5.41) is 5.80. The number of hydrogen-bond donors (Lipinski definition) is 3. The minimum Gasteiger partial charge on any atom is -0.384 e. The second kappa shape index (κ2) is 10.7. The summed E-state index contributed by atoms with van der Waals surface area (Å²) in [6.45, 7) is 1.75. The number of anilines is 2. The molecule has 0 amide bonds. The fraction of sp³-hybridized carbons (Fsp3) is 0.526. The van der Waals surface area contributed by atoms with Crippen LogP contribution in [-0.2, 0) is 10.0 Å². The van der Waals surface area contributed by atoms with Crippen molar-refractivity contribution in [1.29, 1.82) is 0 Å². The zero-order valence-electron chi connectivity index (χ0n) is 16.4. The van der Waals surface area contributed by atoms with Gasteiger partial charge in [-0.05, 0) is 44.4 Å². The van der Waals surface area contributed by atoms with Crippen LogP contribution in [0.3, 0.4) is 0 Å². The molecule has 0 radical (unpaired) electrons. The predicted molar refractivity (Wildman–Crippen MR) is 117 cm³/mol. The van der Waals surface area contributed by atoms with E-state index in [2.05, 4.69) is 20.3 Å². The van der Waals surface area contributed by atoms with Crippen LogP contribution in [0.1, 0.15) is 44.9 Å². The lowest BCUT2D eigenvalue weighted by atomic mass is 10.1. The van der Waals surface area contributed by atoms with E-state index in [0.717, 1.165) is 44.1 Å². The number of thiazole rings is 1. The Labute approximate surface area is 184 Å². The van der Waals surface area contributed by atoms with Gasteiger partial charge >= 0.3 is 0 Å². The van der Waals surface area contributed by atoms with Gasteiger partial charge in [0.25, 0.3) is 10.0 Å². The van der Waals surface area contributed by atoms with E-state index in [1.807, 2.05) is 0 Å². The van der Waals surface area contributed by atoms with E-state index >= 15 is 0 Å². The van der Waals surface area contributed by atoms with Crippen molar-refractivity contribution < 1.29 is 17.2 Å². The van der Waals surface area contributed by atoms with E-state index in [4.69, 9.17) is 11.6 Å². The van der Waals surface area contributed by atoms with E-state index in [1.165, 1.54) is 25.7 Å². The number of aromatic nitrogens is 1. The van der Waals surface area contributed by atoms with E-state index in [9.17, 15) is 17.2 Å². The summed E-state index contributed by atoms with van der Waals surface area (Å²) in [7, 11) is -4.27. The lowest BCUT2D eigenvalue weighted by molar-refractivity contribution is 0.511. The molecule has 2 aromatic rings. The Hall–Kier alpha value is -1.49. The van der Waals surface area contributed by atoms with Crippen LogP contribution in [0.25, 0.3) is 0 Å². The van der Waals surface area contributed by atoms with Crippen molar-refractivity contribution in [3.63, 3.8) is 0 Å². The van der Waals surface area contributed by atoms with Crippen LogP contribution in [0.4, 0.5) is 19.6 Å². The molecule has 1 fully saturated rings. The number of nitrogens with one attached hydrogen (secondary N) is 3. The van der Waals surface area contributed by atoms with Gasteiger partial charge in [0.05, 0.1) is 16.9 Å². The number of unbranched alkanes of at least 4 members (excludes halogenated alkanes) is 3. The lowest BCUT2D eigenvalue weighted by Crippen LogP contribution is -2.20. The number of hydrogen-bond acceptors (Lipinski definition) is 6. The third kappa shape index (κ3) is 6.50. The van der Waals surface area contributed by atoms with Gasteiger partial charge in [-0.2, -0.15) is 4.39 Å². The second-order valence-electron chi connectivity index (χ2n) is 7.26. The molecule has 11 heteroatoms. The topological polar surface area (TPSA) is 83.1 Å². The zero-order chi connectivity index (χ0) is 21.6. The molecule has 30 heavy (non-hydrogen) atoms. The minimum atomic E-state index is -4.27. The molecule has 3 N–H and O–H groups in total. The highest BCUT2D eigenvalue weighted by molar-refractivity contribution is 7.93. The summed E-state index contributed by atoms with van der Waals surface area (Å²) in [4.78, 5) is 2.95. The van der Waals surface area contributed by atoms with Gasteiger partial charge in [0, 0.05) is 12.6 Å². The van der Waals surface area contributed by atoms with Gasteiger partial charge in [-0.15, -0.1) is 0 Å². The van der Waals surface area contributed by atoms with Gasteiger partial charge in [0.1, 0.15) is 10.7 Å². The summed E-state index contributed by atoms with van der Waals surface area (Å²) in [6, 6.07) is 2.77. The lowest BCUT2D eigenvalue weighted by Gasteiger charge is -2.12. The maximum atomic E-state index is 14.4. The van der Waals surface area contributed by atoms with Crippen LogP contribution in [0, 0.1) is 10.9 Å². The third-order valence-electron chi connectivity index (χ3n) is 4.97. The standard InChI is InChI=1S/C19H25ClF2N4O2S2/c20-14-10-17(30(27,28)26-19-25-12-18(22)29-19)15(21)11-16(14)24-8-4-2-1-3-6-13-7-5-9-23-13/h10-13,23-24H,1-9H2,(H,25,26)/t13-/m0/s1. The van der Waals surface area contributed by atoms with Gasteiger partial charge in [-0.1, -0.05) is 42.2 Å². The summed E-state index contributed by atoms with van der Waals surface area (Å²) < 4.78 is 54.2. The number of nitrogens with zero attached hydrogens (tertiary/aromatic N) is 1. The number of rotatable bonds is 11. The van der Waals surface area contributed by atoms with Crippen LogP contribution >= 0.6 is 22.9 Å². The molecule has 166 valence electrons. The molecule has 3 rings (SSSR count). The minimum absolute atomic E-state index is 0.0920. The van der Waals surface area contributed by atoms with Gasteiger partial charge in [0.2, 0.25) is 0 Å². The van der Waals surface area contributed by atoms with Crippen LogP contribution in [0.15, 0.2) is 23.2 Å². The maximum absolute atomic E-state index is 14.4. The van der Waals surface area contributed by atoms with Crippen molar-refractivity contribution in [2.75, 3.05) is 23.1 Å². The van der Waals surface area contributed by atoms with Crippen molar-refractivity contribution in [2.24, 2.45) is 0 Å². The molecule has 2 heterocycles. The molecular formula is C19H25ClF2N4O2S2. The molecule has 1 saturated heterocycles. The zero-order valence-corrected chi connectivity index (χ0v) is 18.8. The van der Waals surface area contributed by atoms with Crippen molar-refractivity contribution >= 4 is 43.8 Å². The molecule has 0 aliphatic carbocycles. The Morgan fingerprint density at radius 2 is 2.03 bits per heavy atom. The first-order valence-corrected chi connectivity index (χ1v) is 12.6. The normalized spacial score (nSPS) is 16.7. The molecule has 0 unspecified atom stereocenters. The highest BCUT2D eigenvalue weighted by atomic mass is 35.5. The fourth-order valence-electron chi connectivity index (χ4n) is 3.44. The van der Waals surface area contributed by atoms with Crippen molar-refractivity contribution in [3.05, 3.63) is 34.3 Å². The van der Waals surface area contributed by atoms with Crippen LogP contribution in [-0.4, -0.2) is 32.5 Å². The molecule has 0 saturated carbocycles. The molecule has 1 aliphatic heterocycles. The first kappa shape index (κ1) is 23.2. The van der Waals surface area contributed by atoms with Crippen molar-refractivity contribution in [3.8, 4) is 0 Å². The molecule has 1 aromatic carbocycles. The smallest absolute Gasteiger partial charge is 0.266 e. The monoisotopic (exact) mass is 478 g/mol. The van der Waals surface area contributed by atoms with Crippen LogP contribution in [0.5, 0.6) is 0 Å². The molecule has 0 bridgehead atoms. The predicted octanol–water partition coefficient (Wildman–Crippen LogP) is 4.99. The third-order valence-corrected chi connectivity index (χ3v) is 7.46. The van der Waals surface area contributed by atoms with E-state index < -0.39 is 25.9 Å². The quantitative estimate of drug-likeness (QED) is 0.396. The Morgan fingerprint density at radius 3 is 2.73 bits per heavy atom. The maximum Gasteiger partial charge on any atom is 0.266 e. The average molecular weight is 479 g/mol.